The molecule has 0 radical (unpaired) electrons. The van der Waals surface area contributed by atoms with Crippen LogP contribution in [-0.4, -0.2) is 48.6 Å². The predicted molar refractivity (Wildman–Crippen MR) is 111 cm³/mol. The second-order valence-electron chi connectivity index (χ2n) is 6.76. The minimum atomic E-state index is -0.889. The highest BCUT2D eigenvalue weighted by molar-refractivity contribution is 5.85. The largest absolute Gasteiger partial charge is 0.508 e. The quantitative estimate of drug-likeness (QED) is 0.517. The lowest BCUT2D eigenvalue weighted by Gasteiger charge is -2.17. The zero-order valence-corrected chi connectivity index (χ0v) is 17.0. The molecule has 0 aliphatic heterocycles. The van der Waals surface area contributed by atoms with E-state index in [0.29, 0.717) is 12.8 Å². The van der Waals surface area contributed by atoms with E-state index in [1.54, 1.807) is 19.1 Å². The van der Waals surface area contributed by atoms with E-state index in [9.17, 15) is 19.5 Å². The van der Waals surface area contributed by atoms with E-state index in [0.717, 1.165) is 11.1 Å². The maximum absolute atomic E-state index is 12.2. The van der Waals surface area contributed by atoms with Gasteiger partial charge in [0.05, 0.1) is 6.61 Å². The Morgan fingerprint density at radius 3 is 2.33 bits per heavy atom. The molecule has 30 heavy (non-hydrogen) atoms. The molecular formula is C23H27NO6. The summed E-state index contributed by atoms with van der Waals surface area (Å²) in [6.07, 6.45) is 1.16. The Morgan fingerprint density at radius 2 is 1.67 bits per heavy atom. The van der Waals surface area contributed by atoms with E-state index in [4.69, 9.17) is 9.47 Å². The first-order valence-corrected chi connectivity index (χ1v) is 9.85. The van der Waals surface area contributed by atoms with Crippen LogP contribution in [0.15, 0.2) is 54.6 Å². The summed E-state index contributed by atoms with van der Waals surface area (Å²) in [4.78, 5) is 36.3. The van der Waals surface area contributed by atoms with Gasteiger partial charge in [0.2, 0.25) is 5.91 Å². The number of carbonyl (C=O) groups excluding carboxylic acids is 3. The number of carbonyl (C=O) groups is 3. The van der Waals surface area contributed by atoms with Gasteiger partial charge in [-0.2, -0.15) is 0 Å². The standard InChI is InChI=1S/C23H27NO6/c1-2-30-23(28)21(14-18-9-11-19(25)12-10-18)24-22(27)16-29-15-20(26)13-8-17-6-4-3-5-7-17/h3-7,9-12,21,25H,2,8,13-16H2,1H3,(H,24,27). The number of Topliss-reactive ketones (excluding diaryl/α,β-unsaturated/α-hetero) is 1. The summed E-state index contributed by atoms with van der Waals surface area (Å²) >= 11 is 0. The van der Waals surface area contributed by atoms with Crippen molar-refractivity contribution < 1.29 is 29.0 Å². The molecule has 160 valence electrons. The van der Waals surface area contributed by atoms with Crippen LogP contribution in [0.4, 0.5) is 0 Å². The Kier molecular flexibility index (Phi) is 9.54. The summed E-state index contributed by atoms with van der Waals surface area (Å²) in [6, 6.07) is 15.1. The number of phenols is 1. The molecule has 0 heterocycles. The van der Waals surface area contributed by atoms with Gasteiger partial charge >= 0.3 is 5.97 Å². The summed E-state index contributed by atoms with van der Waals surface area (Å²) < 4.78 is 10.2. The minimum absolute atomic E-state index is 0.0994. The number of phenolic OH excluding ortho intramolecular Hbond substituents is 1. The zero-order chi connectivity index (χ0) is 21.8. The van der Waals surface area contributed by atoms with E-state index in [2.05, 4.69) is 5.32 Å². The van der Waals surface area contributed by atoms with Gasteiger partial charge in [-0.3, -0.25) is 9.59 Å². The first-order valence-electron chi connectivity index (χ1n) is 9.85. The Balaban J connectivity index is 1.77. The SMILES string of the molecule is CCOC(=O)C(Cc1ccc(O)cc1)NC(=O)COCC(=O)CCc1ccccc1. The topological polar surface area (TPSA) is 102 Å². The molecule has 0 saturated heterocycles. The van der Waals surface area contributed by atoms with Crippen LogP contribution >= 0.6 is 0 Å². The van der Waals surface area contributed by atoms with Crippen LogP contribution in [0.3, 0.4) is 0 Å². The molecule has 2 N–H and O–H groups in total. The van der Waals surface area contributed by atoms with E-state index >= 15 is 0 Å². The van der Waals surface area contributed by atoms with Gasteiger partial charge in [0.25, 0.3) is 0 Å². The Morgan fingerprint density at radius 1 is 0.967 bits per heavy atom. The average molecular weight is 413 g/mol. The molecule has 7 heteroatoms. The van der Waals surface area contributed by atoms with Crippen molar-refractivity contribution in [2.75, 3.05) is 19.8 Å². The second-order valence-corrected chi connectivity index (χ2v) is 6.76. The van der Waals surface area contributed by atoms with Crippen molar-refractivity contribution in [3.05, 3.63) is 65.7 Å². The van der Waals surface area contributed by atoms with Crippen LogP contribution in [0.5, 0.6) is 5.75 Å². The van der Waals surface area contributed by atoms with Crippen molar-refractivity contribution in [3.63, 3.8) is 0 Å². The lowest BCUT2D eigenvalue weighted by Crippen LogP contribution is -2.45. The van der Waals surface area contributed by atoms with Crippen LogP contribution < -0.4 is 5.32 Å². The van der Waals surface area contributed by atoms with Crippen molar-refractivity contribution in [3.8, 4) is 5.75 Å². The normalized spacial score (nSPS) is 11.5. The fourth-order valence-electron chi connectivity index (χ4n) is 2.80. The van der Waals surface area contributed by atoms with Crippen LogP contribution in [0, 0.1) is 0 Å². The van der Waals surface area contributed by atoms with Gasteiger partial charge in [-0.05, 0) is 36.6 Å². The molecule has 0 fully saturated rings. The Labute approximate surface area is 176 Å². The smallest absolute Gasteiger partial charge is 0.328 e. The molecule has 2 aromatic carbocycles. The molecule has 2 rings (SSSR count). The van der Waals surface area contributed by atoms with Gasteiger partial charge in [0.1, 0.15) is 25.0 Å². The first-order chi connectivity index (χ1) is 14.5. The molecule has 0 spiro atoms. The van der Waals surface area contributed by atoms with Gasteiger partial charge in [-0.15, -0.1) is 0 Å². The van der Waals surface area contributed by atoms with Crippen molar-refractivity contribution in [1.29, 1.82) is 0 Å². The number of rotatable bonds is 12. The highest BCUT2D eigenvalue weighted by atomic mass is 16.5. The van der Waals surface area contributed by atoms with Crippen molar-refractivity contribution in [1.82, 2.24) is 5.32 Å². The maximum atomic E-state index is 12.2. The van der Waals surface area contributed by atoms with Crippen molar-refractivity contribution in [2.45, 2.75) is 32.2 Å². The summed E-state index contributed by atoms with van der Waals surface area (Å²) in [7, 11) is 0. The highest BCUT2D eigenvalue weighted by Crippen LogP contribution is 2.12. The number of aryl methyl sites for hydroxylation is 1. The van der Waals surface area contributed by atoms with Gasteiger partial charge in [0.15, 0.2) is 5.78 Å². The lowest BCUT2D eigenvalue weighted by molar-refractivity contribution is -0.148. The van der Waals surface area contributed by atoms with Crippen LogP contribution in [0.2, 0.25) is 0 Å². The summed E-state index contributed by atoms with van der Waals surface area (Å²) in [5.74, 6) is -1.06. The summed E-state index contributed by atoms with van der Waals surface area (Å²) in [5.41, 5.74) is 1.82. The number of amides is 1. The van der Waals surface area contributed by atoms with E-state index in [1.165, 1.54) is 12.1 Å². The summed E-state index contributed by atoms with van der Waals surface area (Å²) in [6.45, 7) is 1.37. The number of hydrogen-bond acceptors (Lipinski definition) is 6. The van der Waals surface area contributed by atoms with Crippen molar-refractivity contribution in [2.24, 2.45) is 0 Å². The molecule has 0 saturated carbocycles. The molecular weight excluding hydrogens is 386 g/mol. The number of aromatic hydroxyl groups is 1. The monoisotopic (exact) mass is 413 g/mol. The summed E-state index contributed by atoms with van der Waals surface area (Å²) in [5, 5.41) is 12.0. The molecule has 1 atom stereocenters. The van der Waals surface area contributed by atoms with Gasteiger partial charge in [-0.1, -0.05) is 42.5 Å². The van der Waals surface area contributed by atoms with E-state index < -0.39 is 17.9 Å². The Bertz CT molecular complexity index is 819. The van der Waals surface area contributed by atoms with E-state index in [1.807, 2.05) is 30.3 Å². The van der Waals surface area contributed by atoms with E-state index in [-0.39, 0.29) is 37.8 Å². The average Bonchev–Trinajstić information content (AvgIpc) is 2.74. The van der Waals surface area contributed by atoms with Gasteiger partial charge in [-0.25, -0.2) is 4.79 Å². The van der Waals surface area contributed by atoms with Crippen molar-refractivity contribution >= 4 is 17.7 Å². The number of ether oxygens (including phenoxy) is 2. The number of ketones is 1. The Hall–Kier alpha value is -3.19. The predicted octanol–water partition coefficient (Wildman–Crippen LogP) is 2.20. The van der Waals surface area contributed by atoms with Crippen LogP contribution in [0.1, 0.15) is 24.5 Å². The minimum Gasteiger partial charge on any atom is -0.508 e. The van der Waals surface area contributed by atoms with Gasteiger partial charge in [0, 0.05) is 12.8 Å². The van der Waals surface area contributed by atoms with Gasteiger partial charge < -0.3 is 19.9 Å². The highest BCUT2D eigenvalue weighted by Gasteiger charge is 2.22. The molecule has 0 bridgehead atoms. The lowest BCUT2D eigenvalue weighted by atomic mass is 10.1. The molecule has 0 aliphatic rings. The fourth-order valence-corrected chi connectivity index (χ4v) is 2.80. The second kappa shape index (κ2) is 12.4. The number of hydrogen-bond donors (Lipinski definition) is 2. The third-order valence-corrected chi connectivity index (χ3v) is 4.31. The third-order valence-electron chi connectivity index (χ3n) is 4.31. The third kappa shape index (κ3) is 8.45. The van der Waals surface area contributed by atoms with Crippen LogP contribution in [-0.2, 0) is 36.7 Å². The number of esters is 1. The van der Waals surface area contributed by atoms with Crippen LogP contribution in [0.25, 0.3) is 0 Å². The zero-order valence-electron chi connectivity index (χ0n) is 17.0. The maximum Gasteiger partial charge on any atom is 0.328 e. The fraction of sp³-hybridized carbons (Fsp3) is 0.348. The molecule has 1 amide bonds. The molecule has 7 nitrogen and oxygen atoms in total. The number of benzene rings is 2. The molecule has 0 aromatic heterocycles. The molecule has 2 aromatic rings. The molecule has 1 unspecified atom stereocenters. The first kappa shape index (κ1) is 23.1. The molecule has 0 aliphatic carbocycles. The number of nitrogens with one attached hydrogen (secondary N) is 1.